The van der Waals surface area contributed by atoms with Crippen molar-refractivity contribution in [2.24, 2.45) is 0 Å². The van der Waals surface area contributed by atoms with Crippen LogP contribution in [-0.2, 0) is 13.1 Å². The number of allylic oxidation sites excluding steroid dienone is 1. The predicted molar refractivity (Wildman–Crippen MR) is 115 cm³/mol. The first-order valence-corrected chi connectivity index (χ1v) is 9.65. The Morgan fingerprint density at radius 3 is 2.68 bits per heavy atom. The number of amides is 1. The van der Waals surface area contributed by atoms with Gasteiger partial charge in [0.25, 0.3) is 5.91 Å². The molecule has 1 amide bonds. The summed E-state index contributed by atoms with van der Waals surface area (Å²) < 4.78 is 2.34. The number of rotatable bonds is 3. The summed E-state index contributed by atoms with van der Waals surface area (Å²) in [4.78, 5) is 16.6. The zero-order valence-electron chi connectivity index (χ0n) is 15.4. The van der Waals surface area contributed by atoms with Crippen LogP contribution in [-0.4, -0.2) is 15.5 Å². The van der Waals surface area contributed by atoms with Crippen LogP contribution >= 0.6 is 0 Å². The number of hydrogen-bond acceptors (Lipinski definition) is 1. The summed E-state index contributed by atoms with van der Waals surface area (Å²) in [5, 5.41) is 7.60. The first-order valence-electron chi connectivity index (χ1n) is 9.65. The average molecular weight is 365 g/mol. The van der Waals surface area contributed by atoms with Crippen molar-refractivity contribution in [3.63, 3.8) is 0 Å². The van der Waals surface area contributed by atoms with Gasteiger partial charge < -0.3 is 14.9 Å². The lowest BCUT2D eigenvalue weighted by atomic mass is 9.97. The van der Waals surface area contributed by atoms with Crippen LogP contribution in [0.25, 0.3) is 43.6 Å². The number of aryl methyl sites for hydroxylation is 1. The van der Waals surface area contributed by atoms with Crippen LogP contribution < -0.4 is 5.32 Å². The predicted octanol–water partition coefficient (Wildman–Crippen LogP) is 5.25. The SMILES string of the molecule is C=CCCn1c2ccccc2c2c3c(c4c5ccccc5[nH]c4c21)CNC3=O. The van der Waals surface area contributed by atoms with E-state index in [4.69, 9.17) is 0 Å². The highest BCUT2D eigenvalue weighted by atomic mass is 16.1. The van der Waals surface area contributed by atoms with E-state index >= 15 is 0 Å². The lowest BCUT2D eigenvalue weighted by molar-refractivity contribution is 0.0967. The maximum absolute atomic E-state index is 12.9. The maximum Gasteiger partial charge on any atom is 0.252 e. The van der Waals surface area contributed by atoms with E-state index in [1.165, 1.54) is 10.8 Å². The zero-order valence-corrected chi connectivity index (χ0v) is 15.4. The van der Waals surface area contributed by atoms with E-state index in [0.29, 0.717) is 6.54 Å². The number of aromatic nitrogens is 2. The van der Waals surface area contributed by atoms with Crippen molar-refractivity contribution in [3.05, 3.63) is 72.3 Å². The van der Waals surface area contributed by atoms with Gasteiger partial charge in [0.1, 0.15) is 0 Å². The summed E-state index contributed by atoms with van der Waals surface area (Å²) in [5.74, 6) is 0.0267. The van der Waals surface area contributed by atoms with E-state index in [1.807, 2.05) is 18.2 Å². The molecule has 1 aliphatic heterocycles. The monoisotopic (exact) mass is 365 g/mol. The Kier molecular flexibility index (Phi) is 3.04. The second-order valence-electron chi connectivity index (χ2n) is 7.43. The van der Waals surface area contributed by atoms with Crippen LogP contribution in [0.3, 0.4) is 0 Å². The molecule has 0 saturated carbocycles. The lowest BCUT2D eigenvalue weighted by Gasteiger charge is -2.09. The summed E-state index contributed by atoms with van der Waals surface area (Å²) in [6.07, 6.45) is 2.82. The van der Waals surface area contributed by atoms with Crippen LogP contribution in [0.2, 0.25) is 0 Å². The summed E-state index contributed by atoms with van der Waals surface area (Å²) in [5.41, 5.74) is 6.44. The van der Waals surface area contributed by atoms with Gasteiger partial charge in [0.2, 0.25) is 0 Å². The summed E-state index contributed by atoms with van der Waals surface area (Å²) in [6.45, 7) is 5.31. The van der Waals surface area contributed by atoms with Gasteiger partial charge in [0, 0.05) is 45.7 Å². The number of H-pyrrole nitrogens is 1. The molecule has 0 fully saturated rings. The molecular weight excluding hydrogens is 346 g/mol. The molecule has 2 aromatic heterocycles. The fourth-order valence-corrected chi connectivity index (χ4v) is 4.86. The topological polar surface area (TPSA) is 49.8 Å². The highest BCUT2D eigenvalue weighted by Crippen LogP contribution is 2.43. The molecule has 0 unspecified atom stereocenters. The molecular formula is C24H19N3O. The number of nitrogens with one attached hydrogen (secondary N) is 2. The molecule has 0 bridgehead atoms. The first-order chi connectivity index (χ1) is 13.8. The molecule has 0 saturated heterocycles. The zero-order chi connectivity index (χ0) is 18.8. The van der Waals surface area contributed by atoms with Gasteiger partial charge >= 0.3 is 0 Å². The minimum Gasteiger partial charge on any atom is -0.353 e. The van der Waals surface area contributed by atoms with E-state index in [9.17, 15) is 4.79 Å². The standard InChI is InChI=1S/C24H19N3O/c1-2-3-12-27-18-11-7-5-9-15(18)20-21-16(13-25-24(21)28)19-14-8-4-6-10-17(14)26-22(19)23(20)27/h2,4-11,26H,1,3,12-13H2,(H,25,28). The van der Waals surface area contributed by atoms with E-state index < -0.39 is 0 Å². The second kappa shape index (κ2) is 5.49. The minimum absolute atomic E-state index is 0.0267. The van der Waals surface area contributed by atoms with Crippen LogP contribution in [0, 0.1) is 0 Å². The number of para-hydroxylation sites is 2. The molecule has 3 aromatic carbocycles. The van der Waals surface area contributed by atoms with Crippen molar-refractivity contribution in [2.45, 2.75) is 19.5 Å². The molecule has 28 heavy (non-hydrogen) atoms. The largest absolute Gasteiger partial charge is 0.353 e. The van der Waals surface area contributed by atoms with Gasteiger partial charge in [0.15, 0.2) is 0 Å². The van der Waals surface area contributed by atoms with Gasteiger partial charge in [-0.05, 0) is 24.1 Å². The summed E-state index contributed by atoms with van der Waals surface area (Å²) in [7, 11) is 0. The Balaban J connectivity index is 1.95. The number of carbonyl (C=O) groups excluding carboxylic acids is 1. The van der Waals surface area contributed by atoms with Crippen LogP contribution in [0.15, 0.2) is 61.2 Å². The summed E-state index contributed by atoms with van der Waals surface area (Å²) in [6, 6.07) is 16.7. The number of fused-ring (bicyclic) bond motifs is 10. The van der Waals surface area contributed by atoms with Gasteiger partial charge in [0.05, 0.1) is 16.6 Å². The molecule has 136 valence electrons. The fourth-order valence-electron chi connectivity index (χ4n) is 4.86. The smallest absolute Gasteiger partial charge is 0.252 e. The molecule has 0 aliphatic carbocycles. The molecule has 0 spiro atoms. The third kappa shape index (κ3) is 1.82. The number of carbonyl (C=O) groups is 1. The fraction of sp³-hybridized carbons (Fsp3) is 0.125. The third-order valence-corrected chi connectivity index (χ3v) is 5.98. The second-order valence-corrected chi connectivity index (χ2v) is 7.43. The van der Waals surface area contributed by atoms with Crippen molar-refractivity contribution >= 4 is 49.5 Å². The highest BCUT2D eigenvalue weighted by Gasteiger charge is 2.30. The van der Waals surface area contributed by atoms with Crippen molar-refractivity contribution in [2.75, 3.05) is 0 Å². The van der Waals surface area contributed by atoms with Gasteiger partial charge in [-0.1, -0.05) is 42.5 Å². The molecule has 4 heteroatoms. The van der Waals surface area contributed by atoms with Crippen LogP contribution in [0.4, 0.5) is 0 Å². The number of nitrogens with zero attached hydrogens (tertiary/aromatic N) is 1. The first kappa shape index (κ1) is 15.5. The number of benzene rings is 3. The molecule has 0 radical (unpaired) electrons. The molecule has 0 atom stereocenters. The molecule has 1 aliphatic rings. The number of aromatic amines is 1. The van der Waals surface area contributed by atoms with E-state index in [2.05, 4.69) is 57.8 Å². The lowest BCUT2D eigenvalue weighted by Crippen LogP contribution is -2.12. The van der Waals surface area contributed by atoms with Gasteiger partial charge in [-0.2, -0.15) is 0 Å². The normalized spacial score (nSPS) is 13.6. The molecule has 2 N–H and O–H groups in total. The van der Waals surface area contributed by atoms with Crippen LogP contribution in [0.1, 0.15) is 22.3 Å². The molecule has 6 rings (SSSR count). The van der Waals surface area contributed by atoms with Gasteiger partial charge in [-0.25, -0.2) is 0 Å². The Hall–Kier alpha value is -3.53. The van der Waals surface area contributed by atoms with Crippen molar-refractivity contribution in [1.82, 2.24) is 14.9 Å². The summed E-state index contributed by atoms with van der Waals surface area (Å²) >= 11 is 0. The Labute approximate surface area is 161 Å². The quantitative estimate of drug-likeness (QED) is 0.422. The van der Waals surface area contributed by atoms with Gasteiger partial charge in [-0.15, -0.1) is 6.58 Å². The Bertz CT molecular complexity index is 1450. The van der Waals surface area contributed by atoms with Crippen molar-refractivity contribution in [3.8, 4) is 0 Å². The van der Waals surface area contributed by atoms with Crippen LogP contribution in [0.5, 0.6) is 0 Å². The molecule has 4 nitrogen and oxygen atoms in total. The van der Waals surface area contributed by atoms with E-state index in [-0.39, 0.29) is 5.91 Å². The average Bonchev–Trinajstić information content (AvgIpc) is 3.38. The van der Waals surface area contributed by atoms with Crippen molar-refractivity contribution in [1.29, 1.82) is 0 Å². The third-order valence-electron chi connectivity index (χ3n) is 5.98. The van der Waals surface area contributed by atoms with Crippen molar-refractivity contribution < 1.29 is 4.79 Å². The Morgan fingerprint density at radius 2 is 1.82 bits per heavy atom. The molecule has 5 aromatic rings. The maximum atomic E-state index is 12.9. The van der Waals surface area contributed by atoms with E-state index in [1.54, 1.807) is 0 Å². The van der Waals surface area contributed by atoms with Gasteiger partial charge in [-0.3, -0.25) is 4.79 Å². The highest BCUT2D eigenvalue weighted by molar-refractivity contribution is 6.30. The Morgan fingerprint density at radius 1 is 1.04 bits per heavy atom. The minimum atomic E-state index is 0.0267. The molecule has 3 heterocycles. The number of hydrogen-bond donors (Lipinski definition) is 2. The van der Waals surface area contributed by atoms with E-state index in [0.717, 1.165) is 56.9 Å².